The van der Waals surface area contributed by atoms with E-state index < -0.39 is 0 Å². The van der Waals surface area contributed by atoms with Crippen LogP contribution in [-0.4, -0.2) is 25.7 Å². The summed E-state index contributed by atoms with van der Waals surface area (Å²) in [5, 5.41) is 12.9. The fraction of sp³-hybridized carbons (Fsp3) is 0.417. The summed E-state index contributed by atoms with van der Waals surface area (Å²) in [6, 6.07) is 10.3. The monoisotopic (exact) mass is 235 g/mol. The lowest BCUT2D eigenvalue weighted by atomic mass is 10.1. The zero-order valence-corrected chi connectivity index (χ0v) is 9.74. The second-order valence-electron chi connectivity index (χ2n) is 3.89. The molecular weight excluding hydrogens is 222 g/mol. The van der Waals surface area contributed by atoms with Crippen LogP contribution < -0.4 is 10.2 Å². The number of hydrogen-bond acceptors (Lipinski definition) is 3. The quantitative estimate of drug-likeness (QED) is 0.853. The molecule has 4 heteroatoms. The molecule has 1 fully saturated rings. The van der Waals surface area contributed by atoms with Crippen molar-refractivity contribution in [1.82, 2.24) is 5.32 Å². The summed E-state index contributed by atoms with van der Waals surface area (Å²) in [6.07, 6.45) is 0.551. The van der Waals surface area contributed by atoms with Gasteiger partial charge in [-0.1, -0.05) is 11.6 Å². The summed E-state index contributed by atoms with van der Waals surface area (Å²) in [5.74, 6) is 0. The van der Waals surface area contributed by atoms with E-state index in [1.54, 1.807) is 0 Å². The molecule has 1 aliphatic rings. The molecule has 1 atom stereocenters. The van der Waals surface area contributed by atoms with E-state index in [2.05, 4.69) is 16.3 Å². The summed E-state index contributed by atoms with van der Waals surface area (Å²) in [6.45, 7) is 2.77. The van der Waals surface area contributed by atoms with Crippen LogP contribution in [0.1, 0.15) is 6.42 Å². The van der Waals surface area contributed by atoms with Crippen molar-refractivity contribution in [2.24, 2.45) is 0 Å². The third-order valence-corrected chi connectivity index (χ3v) is 3.09. The van der Waals surface area contributed by atoms with Gasteiger partial charge in [0.1, 0.15) is 0 Å². The molecule has 1 aliphatic heterocycles. The summed E-state index contributed by atoms with van der Waals surface area (Å²) in [7, 11) is 0. The van der Waals surface area contributed by atoms with E-state index in [0.717, 1.165) is 30.3 Å². The lowest BCUT2D eigenvalue weighted by Gasteiger charge is -2.36. The van der Waals surface area contributed by atoms with Crippen molar-refractivity contribution in [1.29, 1.82) is 5.26 Å². The predicted molar refractivity (Wildman–Crippen MR) is 65.7 cm³/mol. The highest BCUT2D eigenvalue weighted by molar-refractivity contribution is 6.30. The molecular formula is C12H14ClN3. The number of piperazine rings is 1. The first-order valence-corrected chi connectivity index (χ1v) is 5.79. The van der Waals surface area contributed by atoms with Crippen LogP contribution in [0, 0.1) is 11.3 Å². The Morgan fingerprint density at radius 1 is 1.44 bits per heavy atom. The second-order valence-corrected chi connectivity index (χ2v) is 4.33. The molecule has 1 N–H and O–H groups in total. The first-order chi connectivity index (χ1) is 7.81. The van der Waals surface area contributed by atoms with E-state index in [-0.39, 0.29) is 6.04 Å². The average Bonchev–Trinajstić information content (AvgIpc) is 2.32. The fourth-order valence-corrected chi connectivity index (χ4v) is 2.15. The minimum atomic E-state index is 0.264. The Bertz CT molecular complexity index is 382. The highest BCUT2D eigenvalue weighted by Crippen LogP contribution is 2.21. The van der Waals surface area contributed by atoms with Crippen LogP contribution in [0.4, 0.5) is 5.69 Å². The largest absolute Gasteiger partial charge is 0.365 e. The van der Waals surface area contributed by atoms with E-state index in [1.807, 2.05) is 24.3 Å². The molecule has 1 aromatic rings. The standard InChI is InChI=1S/C12H14ClN3/c13-10-1-3-11(4-2-10)16-8-7-15-9-12(16)5-6-14/h1-4,12,15H,5,7-9H2. The lowest BCUT2D eigenvalue weighted by Crippen LogP contribution is -2.51. The molecule has 1 saturated heterocycles. The van der Waals surface area contributed by atoms with Crippen LogP contribution in [-0.2, 0) is 0 Å². The third-order valence-electron chi connectivity index (χ3n) is 2.84. The molecule has 84 valence electrons. The average molecular weight is 236 g/mol. The van der Waals surface area contributed by atoms with Gasteiger partial charge >= 0.3 is 0 Å². The summed E-state index contributed by atoms with van der Waals surface area (Å²) >= 11 is 5.86. The first kappa shape index (κ1) is 11.3. The zero-order chi connectivity index (χ0) is 11.4. The Morgan fingerprint density at radius 3 is 2.88 bits per heavy atom. The maximum Gasteiger partial charge on any atom is 0.0643 e. The van der Waals surface area contributed by atoms with Crippen LogP contribution >= 0.6 is 11.6 Å². The van der Waals surface area contributed by atoms with E-state index in [1.165, 1.54) is 0 Å². The number of nitrogens with one attached hydrogen (secondary N) is 1. The molecule has 0 spiro atoms. The SMILES string of the molecule is N#CCC1CNCCN1c1ccc(Cl)cc1. The van der Waals surface area contributed by atoms with Gasteiger partial charge in [-0.05, 0) is 24.3 Å². The smallest absolute Gasteiger partial charge is 0.0643 e. The number of halogens is 1. The summed E-state index contributed by atoms with van der Waals surface area (Å²) < 4.78 is 0. The highest BCUT2D eigenvalue weighted by atomic mass is 35.5. The molecule has 1 aromatic carbocycles. The van der Waals surface area contributed by atoms with Crippen molar-refractivity contribution in [3.8, 4) is 6.07 Å². The lowest BCUT2D eigenvalue weighted by molar-refractivity contribution is 0.481. The van der Waals surface area contributed by atoms with E-state index >= 15 is 0 Å². The van der Waals surface area contributed by atoms with Crippen LogP contribution in [0.2, 0.25) is 5.02 Å². The second kappa shape index (κ2) is 5.20. The first-order valence-electron chi connectivity index (χ1n) is 5.41. The van der Waals surface area contributed by atoms with Gasteiger partial charge in [0.15, 0.2) is 0 Å². The van der Waals surface area contributed by atoms with Crippen molar-refractivity contribution in [3.63, 3.8) is 0 Å². The van der Waals surface area contributed by atoms with Crippen molar-refractivity contribution < 1.29 is 0 Å². The van der Waals surface area contributed by atoms with Gasteiger partial charge < -0.3 is 10.2 Å². The molecule has 3 nitrogen and oxygen atoms in total. The van der Waals surface area contributed by atoms with E-state index in [0.29, 0.717) is 6.42 Å². The van der Waals surface area contributed by atoms with Gasteiger partial charge in [0, 0.05) is 30.3 Å². The molecule has 16 heavy (non-hydrogen) atoms. The van der Waals surface area contributed by atoms with Gasteiger partial charge in [-0.2, -0.15) is 5.26 Å². The maximum absolute atomic E-state index is 8.80. The molecule has 0 aromatic heterocycles. The molecule has 1 unspecified atom stereocenters. The fourth-order valence-electron chi connectivity index (χ4n) is 2.02. The summed E-state index contributed by atoms with van der Waals surface area (Å²) in [4.78, 5) is 2.27. The minimum absolute atomic E-state index is 0.264. The number of rotatable bonds is 2. The number of benzene rings is 1. The van der Waals surface area contributed by atoms with Crippen molar-refractivity contribution in [2.45, 2.75) is 12.5 Å². The van der Waals surface area contributed by atoms with Crippen molar-refractivity contribution in [3.05, 3.63) is 29.3 Å². The molecule has 0 saturated carbocycles. The molecule has 0 radical (unpaired) electrons. The topological polar surface area (TPSA) is 39.1 Å². The van der Waals surface area contributed by atoms with Gasteiger partial charge in [-0.25, -0.2) is 0 Å². The number of nitrogens with zero attached hydrogens (tertiary/aromatic N) is 2. The van der Waals surface area contributed by atoms with E-state index in [4.69, 9.17) is 16.9 Å². The van der Waals surface area contributed by atoms with Gasteiger partial charge in [-0.3, -0.25) is 0 Å². The molecule has 1 heterocycles. The van der Waals surface area contributed by atoms with Gasteiger partial charge in [0.25, 0.3) is 0 Å². The molecule has 2 rings (SSSR count). The third kappa shape index (κ3) is 2.46. The predicted octanol–water partition coefficient (Wildman–Crippen LogP) is 2.03. The molecule has 0 bridgehead atoms. The number of hydrogen-bond donors (Lipinski definition) is 1. The van der Waals surface area contributed by atoms with Gasteiger partial charge in [-0.15, -0.1) is 0 Å². The normalized spacial score (nSPS) is 20.5. The molecule has 0 amide bonds. The van der Waals surface area contributed by atoms with Crippen molar-refractivity contribution >= 4 is 17.3 Å². The van der Waals surface area contributed by atoms with Gasteiger partial charge in [0.2, 0.25) is 0 Å². The Balaban J connectivity index is 2.16. The number of nitriles is 1. The van der Waals surface area contributed by atoms with Crippen LogP contribution in [0.25, 0.3) is 0 Å². The highest BCUT2D eigenvalue weighted by Gasteiger charge is 2.21. The number of anilines is 1. The minimum Gasteiger partial charge on any atom is -0.365 e. The van der Waals surface area contributed by atoms with Crippen LogP contribution in [0.15, 0.2) is 24.3 Å². The van der Waals surface area contributed by atoms with E-state index in [9.17, 15) is 0 Å². The Hall–Kier alpha value is -1.24. The molecule has 0 aliphatic carbocycles. The van der Waals surface area contributed by atoms with Crippen molar-refractivity contribution in [2.75, 3.05) is 24.5 Å². The van der Waals surface area contributed by atoms with Gasteiger partial charge in [0.05, 0.1) is 18.5 Å². The Labute approximate surface area is 101 Å². The Kier molecular flexibility index (Phi) is 3.66. The Morgan fingerprint density at radius 2 is 2.19 bits per heavy atom. The van der Waals surface area contributed by atoms with Crippen LogP contribution in [0.5, 0.6) is 0 Å². The summed E-state index contributed by atoms with van der Waals surface area (Å²) in [5.41, 5.74) is 1.14. The van der Waals surface area contributed by atoms with Crippen LogP contribution in [0.3, 0.4) is 0 Å². The zero-order valence-electron chi connectivity index (χ0n) is 8.99. The maximum atomic E-state index is 8.80.